The third-order valence-corrected chi connectivity index (χ3v) is 11.7. The first-order chi connectivity index (χ1) is 31.1. The smallest absolute Gasteiger partial charge is 0.509 e. The molecule has 0 saturated heterocycles. The second kappa shape index (κ2) is 17.2. The van der Waals surface area contributed by atoms with Crippen molar-refractivity contribution in [2.75, 3.05) is 0 Å². The van der Waals surface area contributed by atoms with Crippen LogP contribution in [0.2, 0.25) is 0 Å². The number of para-hydroxylation sites is 2. The fraction of sp³-hybridized carbons (Fsp3) is 0.0755. The van der Waals surface area contributed by atoms with Crippen LogP contribution >= 0.6 is 0 Å². The molecule has 0 spiro atoms. The largest absolute Gasteiger partial charge is 2.00 e. The van der Waals surface area contributed by atoms with Gasteiger partial charge in [0.25, 0.3) is 0 Å². The predicted molar refractivity (Wildman–Crippen MR) is 246 cm³/mol. The summed E-state index contributed by atoms with van der Waals surface area (Å²) in [6.07, 6.45) is 8.18. The molecule has 12 aromatic rings. The molecule has 12 heteroatoms. The van der Waals surface area contributed by atoms with Gasteiger partial charge in [0, 0.05) is 46.4 Å². The predicted octanol–water partition coefficient (Wildman–Crippen LogP) is 11.9. The molecule has 0 bridgehead atoms. The molecule has 0 amide bonds. The fourth-order valence-corrected chi connectivity index (χ4v) is 8.98. The second-order valence-corrected chi connectivity index (χ2v) is 15.2. The van der Waals surface area contributed by atoms with E-state index >= 15 is 0 Å². The average Bonchev–Trinajstić information content (AvgIpc) is 3.97. The van der Waals surface area contributed by atoms with Gasteiger partial charge < -0.3 is 23.2 Å². The van der Waals surface area contributed by atoms with Crippen molar-refractivity contribution in [3.63, 3.8) is 0 Å². The molecule has 65 heavy (non-hydrogen) atoms. The van der Waals surface area contributed by atoms with Crippen LogP contribution in [0.4, 0.5) is 0 Å². The molecule has 0 saturated carbocycles. The summed E-state index contributed by atoms with van der Waals surface area (Å²) < 4.78 is 19.6. The van der Waals surface area contributed by atoms with Crippen LogP contribution in [0.5, 0.6) is 23.0 Å². The first-order valence-corrected chi connectivity index (χ1v) is 20.9. The van der Waals surface area contributed by atoms with Crippen LogP contribution < -0.4 is 9.47 Å². The standard InChI is InChI=1S/C53H34N8O2.2Pt/c1-3-33-25-37(29-47-51(33)41-13-5-7-15-43(41)59(47)49-17-9-11-23-55-49)62-35-19-21-39-40-22-20-36(28-46(40)61(45(39)27-35)53-57-31-54-32-58-53)63-38-26-34(4-2)52-42-14-6-8-16-44(42)60(48(52)30-38)50-18-10-12-24-56-50;;/h5-26,31-32H,3-4H2,1-2H3;;/q-4;2*+2. The second-order valence-electron chi connectivity index (χ2n) is 15.2. The summed E-state index contributed by atoms with van der Waals surface area (Å²) in [7, 11) is 0. The Morgan fingerprint density at radius 1 is 0.446 bits per heavy atom. The topological polar surface area (TPSA) is 97.7 Å². The monoisotopic (exact) mass is 1200 g/mol. The number of aromatic nitrogens is 8. The molecular weight excluding hydrogens is 1170 g/mol. The van der Waals surface area contributed by atoms with Gasteiger partial charge in [-0.3, -0.25) is 0 Å². The molecule has 6 aromatic carbocycles. The summed E-state index contributed by atoms with van der Waals surface area (Å²) in [6, 6.07) is 55.1. The molecule has 12 rings (SSSR count). The van der Waals surface area contributed by atoms with E-state index in [1.54, 1.807) is 0 Å². The number of pyridine rings is 2. The van der Waals surface area contributed by atoms with E-state index in [9.17, 15) is 0 Å². The zero-order valence-corrected chi connectivity index (χ0v) is 39.3. The van der Waals surface area contributed by atoms with Crippen molar-refractivity contribution in [2.24, 2.45) is 0 Å². The van der Waals surface area contributed by atoms with Crippen molar-refractivity contribution in [3.8, 4) is 40.6 Å². The van der Waals surface area contributed by atoms with Gasteiger partial charge in [0.1, 0.15) is 24.3 Å². The van der Waals surface area contributed by atoms with Crippen LogP contribution in [0.15, 0.2) is 146 Å². The van der Waals surface area contributed by atoms with Gasteiger partial charge in [-0.1, -0.05) is 108 Å². The SMILES string of the molecule is CCc1cc(Oc2[c-]c3c(cc2)c2ccc(Oc4[c-]c5c(c(CC)c4)c4ccccc4n5-c4ccccn4)[c-]c2n3-c2ncncn2)[c-]c2c1c1ccccc1n2-c1ccccn1.[Pt+2].[Pt+2]. The molecule has 0 aliphatic heterocycles. The summed E-state index contributed by atoms with van der Waals surface area (Å²) >= 11 is 0. The van der Waals surface area contributed by atoms with Crippen LogP contribution in [-0.2, 0) is 55.0 Å². The van der Waals surface area contributed by atoms with Gasteiger partial charge in [-0.2, -0.15) is 22.9 Å². The number of aryl methyl sites for hydroxylation is 2. The minimum absolute atomic E-state index is 0. The van der Waals surface area contributed by atoms with Gasteiger partial charge in [0.2, 0.25) is 5.95 Å². The molecule has 0 aliphatic carbocycles. The number of rotatable bonds is 9. The normalized spacial score (nSPS) is 11.4. The van der Waals surface area contributed by atoms with Gasteiger partial charge in [-0.25, -0.2) is 24.9 Å². The Hall–Kier alpha value is -6.99. The van der Waals surface area contributed by atoms with Crippen molar-refractivity contribution in [2.45, 2.75) is 26.7 Å². The molecule has 0 atom stereocenters. The summed E-state index contributed by atoms with van der Waals surface area (Å²) in [5, 5.41) is 6.39. The van der Waals surface area contributed by atoms with E-state index in [2.05, 4.69) is 123 Å². The van der Waals surface area contributed by atoms with Crippen LogP contribution in [0, 0.1) is 24.3 Å². The van der Waals surface area contributed by atoms with Crippen LogP contribution in [0.3, 0.4) is 0 Å². The third-order valence-electron chi connectivity index (χ3n) is 11.7. The Bertz CT molecular complexity index is 3500. The van der Waals surface area contributed by atoms with E-state index in [0.717, 1.165) is 90.0 Å². The molecule has 6 aromatic heterocycles. The zero-order valence-electron chi connectivity index (χ0n) is 34.8. The summed E-state index contributed by atoms with van der Waals surface area (Å²) in [4.78, 5) is 22.7. The Balaban J connectivity index is 0.00000249. The Labute approximate surface area is 402 Å². The Morgan fingerprint density at radius 2 is 0.892 bits per heavy atom. The molecule has 10 nitrogen and oxygen atoms in total. The Kier molecular flexibility index (Phi) is 11.1. The first kappa shape index (κ1) is 42.0. The summed E-state index contributed by atoms with van der Waals surface area (Å²) in [5.74, 6) is 4.19. The maximum atomic E-state index is 6.68. The number of fused-ring (bicyclic) bond motifs is 9. The van der Waals surface area contributed by atoms with Crippen LogP contribution in [0.1, 0.15) is 25.0 Å². The molecule has 0 radical (unpaired) electrons. The minimum Gasteiger partial charge on any atom is -0.509 e. The molecule has 6 heterocycles. The number of hydrogen-bond acceptors (Lipinski definition) is 7. The van der Waals surface area contributed by atoms with Crippen molar-refractivity contribution >= 4 is 65.4 Å². The van der Waals surface area contributed by atoms with Crippen molar-refractivity contribution < 1.29 is 51.6 Å². The minimum atomic E-state index is 0. The van der Waals surface area contributed by atoms with Crippen molar-refractivity contribution in [1.29, 1.82) is 0 Å². The Morgan fingerprint density at radius 3 is 1.34 bits per heavy atom. The quantitative estimate of drug-likeness (QED) is 0.133. The van der Waals surface area contributed by atoms with E-state index in [0.29, 0.717) is 40.0 Å². The van der Waals surface area contributed by atoms with Crippen molar-refractivity contribution in [1.82, 2.24) is 38.6 Å². The molecule has 0 aliphatic rings. The number of nitrogens with zero attached hydrogens (tertiary/aromatic N) is 8. The van der Waals surface area contributed by atoms with Gasteiger partial charge >= 0.3 is 42.1 Å². The summed E-state index contributed by atoms with van der Waals surface area (Å²) in [5.41, 5.74) is 7.62. The van der Waals surface area contributed by atoms with Crippen LogP contribution in [-0.4, -0.2) is 38.6 Å². The van der Waals surface area contributed by atoms with E-state index in [1.165, 1.54) is 12.7 Å². The van der Waals surface area contributed by atoms with Gasteiger partial charge in [-0.15, -0.1) is 59.7 Å². The van der Waals surface area contributed by atoms with E-state index in [4.69, 9.17) is 19.4 Å². The number of ether oxygens (including phenoxy) is 2. The first-order valence-electron chi connectivity index (χ1n) is 20.9. The number of benzene rings is 6. The van der Waals surface area contributed by atoms with Gasteiger partial charge in [-0.05, 0) is 47.2 Å². The maximum Gasteiger partial charge on any atom is 2.00 e. The fourth-order valence-electron chi connectivity index (χ4n) is 8.98. The maximum absolute atomic E-state index is 6.68. The molecular formula is C53H34N8O2Pt2. The summed E-state index contributed by atoms with van der Waals surface area (Å²) in [6.45, 7) is 4.32. The zero-order chi connectivity index (χ0) is 42.0. The van der Waals surface area contributed by atoms with E-state index < -0.39 is 0 Å². The number of hydrogen-bond donors (Lipinski definition) is 0. The molecule has 0 fully saturated rings. The molecule has 318 valence electrons. The van der Waals surface area contributed by atoms with Gasteiger partial charge in [0.15, 0.2) is 0 Å². The van der Waals surface area contributed by atoms with Gasteiger partial charge in [0.05, 0.1) is 0 Å². The third kappa shape index (κ3) is 7.00. The van der Waals surface area contributed by atoms with E-state index in [-0.39, 0.29) is 42.1 Å². The van der Waals surface area contributed by atoms with Crippen LogP contribution in [0.25, 0.3) is 83.0 Å². The molecule has 0 N–H and O–H groups in total. The van der Waals surface area contributed by atoms with Crippen molar-refractivity contribution in [3.05, 3.63) is 182 Å². The van der Waals surface area contributed by atoms with E-state index in [1.807, 2.05) is 77.6 Å². The molecule has 0 unspecified atom stereocenters. The average molecular weight is 1210 g/mol.